The van der Waals surface area contributed by atoms with E-state index in [0.717, 1.165) is 55.7 Å². The summed E-state index contributed by atoms with van der Waals surface area (Å²) in [5.41, 5.74) is 2.36. The maximum atomic E-state index is 6.07. The van der Waals surface area contributed by atoms with Gasteiger partial charge < -0.3 is 19.4 Å². The molecule has 3 rings (SSSR count). The van der Waals surface area contributed by atoms with E-state index in [1.54, 1.807) is 7.11 Å². The van der Waals surface area contributed by atoms with Crippen LogP contribution in [0, 0.1) is 6.92 Å². The van der Waals surface area contributed by atoms with Crippen LogP contribution in [0.4, 0.5) is 0 Å². The molecule has 0 amide bonds. The molecule has 0 radical (unpaired) electrons. The molecule has 1 aromatic heterocycles. The number of H-pyrrole nitrogens is 1. The average Bonchev–Trinajstić information content (AvgIpc) is 3.18. The van der Waals surface area contributed by atoms with Gasteiger partial charge in [0, 0.05) is 44.6 Å². The Morgan fingerprint density at radius 3 is 2.55 bits per heavy atom. The Balaban J connectivity index is 1.59. The normalized spacial score (nSPS) is 15.0. The first-order chi connectivity index (χ1) is 15.0. The monoisotopic (exact) mass is 429 g/mol. The quantitative estimate of drug-likeness (QED) is 0.559. The fourth-order valence-electron chi connectivity index (χ4n) is 4.00. The summed E-state index contributed by atoms with van der Waals surface area (Å²) in [6.07, 6.45) is 5.90. The molecule has 1 aliphatic heterocycles. The molecule has 7 heteroatoms. The van der Waals surface area contributed by atoms with Crippen molar-refractivity contribution in [2.45, 2.75) is 39.3 Å². The molecule has 0 spiro atoms. The number of likely N-dealkylation sites (N-methyl/N-ethyl adjacent to an activating group) is 1. The third kappa shape index (κ3) is 7.83. The highest BCUT2D eigenvalue weighted by Crippen LogP contribution is 2.29. The molecule has 0 atom stereocenters. The lowest BCUT2D eigenvalue weighted by Gasteiger charge is -2.26. The maximum absolute atomic E-state index is 6.07. The first-order valence-corrected chi connectivity index (χ1v) is 11.4. The van der Waals surface area contributed by atoms with Crippen LogP contribution in [0.25, 0.3) is 0 Å². The second-order valence-corrected chi connectivity index (χ2v) is 8.74. The molecule has 31 heavy (non-hydrogen) atoms. The smallest absolute Gasteiger partial charge is 0.161 e. The number of piperidine rings is 1. The number of benzene rings is 1. The van der Waals surface area contributed by atoms with E-state index in [4.69, 9.17) is 9.47 Å². The Kier molecular flexibility index (Phi) is 9.18. The highest BCUT2D eigenvalue weighted by atomic mass is 16.5. The van der Waals surface area contributed by atoms with Crippen LogP contribution in [0.15, 0.2) is 24.4 Å². The van der Waals surface area contributed by atoms with E-state index in [1.807, 2.05) is 13.1 Å². The summed E-state index contributed by atoms with van der Waals surface area (Å²) in [4.78, 5) is 14.8. The van der Waals surface area contributed by atoms with Crippen molar-refractivity contribution < 1.29 is 9.47 Å². The Labute approximate surface area is 187 Å². The van der Waals surface area contributed by atoms with Crippen molar-refractivity contribution >= 4 is 0 Å². The predicted octanol–water partition coefficient (Wildman–Crippen LogP) is 3.16. The molecule has 2 aromatic rings. The minimum absolute atomic E-state index is 0.698. The summed E-state index contributed by atoms with van der Waals surface area (Å²) in [7, 11) is 5.93. The van der Waals surface area contributed by atoms with Gasteiger partial charge in [0.05, 0.1) is 7.11 Å². The van der Waals surface area contributed by atoms with E-state index in [-0.39, 0.29) is 0 Å². The van der Waals surface area contributed by atoms with Crippen LogP contribution in [-0.2, 0) is 13.1 Å². The molecule has 7 nitrogen and oxygen atoms in total. The van der Waals surface area contributed by atoms with E-state index in [1.165, 1.54) is 37.9 Å². The Bertz CT molecular complexity index is 786. The Hall–Kier alpha value is -2.09. The number of ether oxygens (including phenoxy) is 2. The van der Waals surface area contributed by atoms with Gasteiger partial charge in [0.15, 0.2) is 11.5 Å². The molecule has 172 valence electrons. The topological polar surface area (TPSA) is 56.9 Å². The number of imidazole rings is 1. The molecule has 0 saturated carbocycles. The Morgan fingerprint density at radius 1 is 1.06 bits per heavy atom. The van der Waals surface area contributed by atoms with Crippen LogP contribution in [0.3, 0.4) is 0 Å². The van der Waals surface area contributed by atoms with Crippen molar-refractivity contribution in [3.05, 3.63) is 41.5 Å². The van der Waals surface area contributed by atoms with Gasteiger partial charge >= 0.3 is 0 Å². The van der Waals surface area contributed by atoms with Crippen LogP contribution in [0.5, 0.6) is 11.5 Å². The first kappa shape index (κ1) is 23.6. The minimum atomic E-state index is 0.698. The van der Waals surface area contributed by atoms with E-state index < -0.39 is 0 Å². The number of aromatic nitrogens is 2. The lowest BCUT2D eigenvalue weighted by atomic mass is 10.1. The van der Waals surface area contributed by atoms with Crippen LogP contribution in [0.2, 0.25) is 0 Å². The molecule has 0 bridgehead atoms. The molecule has 1 fully saturated rings. The second kappa shape index (κ2) is 12.1. The summed E-state index contributed by atoms with van der Waals surface area (Å²) < 4.78 is 11.7. The minimum Gasteiger partial charge on any atom is -0.493 e. The van der Waals surface area contributed by atoms with Crippen molar-refractivity contribution in [3.8, 4) is 11.5 Å². The van der Waals surface area contributed by atoms with Gasteiger partial charge in [-0.2, -0.15) is 0 Å². The number of aromatic amines is 1. The number of rotatable bonds is 12. The molecular formula is C24H39N5O2. The van der Waals surface area contributed by atoms with Gasteiger partial charge in [0.25, 0.3) is 0 Å². The van der Waals surface area contributed by atoms with Gasteiger partial charge in [0.1, 0.15) is 12.4 Å². The van der Waals surface area contributed by atoms with Crippen LogP contribution >= 0.6 is 0 Å². The van der Waals surface area contributed by atoms with Crippen molar-refractivity contribution in [2.75, 3.05) is 60.5 Å². The zero-order valence-corrected chi connectivity index (χ0v) is 19.7. The van der Waals surface area contributed by atoms with Gasteiger partial charge in [-0.15, -0.1) is 0 Å². The fourth-order valence-corrected chi connectivity index (χ4v) is 4.00. The summed E-state index contributed by atoms with van der Waals surface area (Å²) in [5.74, 6) is 2.59. The van der Waals surface area contributed by atoms with Crippen molar-refractivity contribution in [1.29, 1.82) is 0 Å². The molecule has 1 N–H and O–H groups in total. The molecule has 2 heterocycles. The van der Waals surface area contributed by atoms with Gasteiger partial charge in [-0.3, -0.25) is 9.80 Å². The van der Waals surface area contributed by atoms with Crippen LogP contribution in [0.1, 0.15) is 36.3 Å². The number of hydrogen-bond donors (Lipinski definition) is 1. The van der Waals surface area contributed by atoms with E-state index in [2.05, 4.69) is 57.0 Å². The maximum Gasteiger partial charge on any atom is 0.161 e. The number of likely N-dealkylation sites (tertiary alicyclic amines) is 1. The van der Waals surface area contributed by atoms with E-state index in [0.29, 0.717) is 6.61 Å². The summed E-state index contributed by atoms with van der Waals surface area (Å²) in [5, 5.41) is 0. The highest BCUT2D eigenvalue weighted by molar-refractivity contribution is 5.43. The van der Waals surface area contributed by atoms with Gasteiger partial charge in [-0.05, 0) is 64.6 Å². The van der Waals surface area contributed by atoms with E-state index >= 15 is 0 Å². The zero-order chi connectivity index (χ0) is 22.1. The zero-order valence-electron chi connectivity index (χ0n) is 19.7. The van der Waals surface area contributed by atoms with Crippen LogP contribution < -0.4 is 9.47 Å². The van der Waals surface area contributed by atoms with Crippen molar-refractivity contribution in [1.82, 2.24) is 24.7 Å². The van der Waals surface area contributed by atoms with Crippen LogP contribution in [-0.4, -0.2) is 85.2 Å². The third-order valence-electron chi connectivity index (χ3n) is 5.76. The number of aryl methyl sites for hydroxylation is 1. The van der Waals surface area contributed by atoms with Gasteiger partial charge in [-0.25, -0.2) is 4.98 Å². The molecule has 1 aliphatic rings. The van der Waals surface area contributed by atoms with Gasteiger partial charge in [-0.1, -0.05) is 12.5 Å². The Morgan fingerprint density at radius 2 is 1.87 bits per heavy atom. The molecular weight excluding hydrogens is 390 g/mol. The van der Waals surface area contributed by atoms with Crippen molar-refractivity contribution in [2.24, 2.45) is 0 Å². The predicted molar refractivity (Wildman–Crippen MR) is 125 cm³/mol. The first-order valence-electron chi connectivity index (χ1n) is 11.4. The lowest BCUT2D eigenvalue weighted by Crippen LogP contribution is -2.33. The number of nitrogens with one attached hydrogen (secondary N) is 1. The SMILES string of the molecule is COc1cc(CN(CCN(C)C)Cc2cnc(C)[nH]2)ccc1OCCN1CCCCC1. The third-order valence-corrected chi connectivity index (χ3v) is 5.76. The summed E-state index contributed by atoms with van der Waals surface area (Å²) in [6, 6.07) is 6.31. The molecule has 1 saturated heterocycles. The van der Waals surface area contributed by atoms with Gasteiger partial charge in [0.2, 0.25) is 0 Å². The number of methoxy groups -OCH3 is 1. The number of nitrogens with zero attached hydrogens (tertiary/aromatic N) is 4. The highest BCUT2D eigenvalue weighted by Gasteiger charge is 2.13. The fraction of sp³-hybridized carbons (Fsp3) is 0.625. The molecule has 0 aliphatic carbocycles. The standard InChI is InChI=1S/C24H39N5O2/c1-20-25-17-22(26-20)19-29(13-12-27(2)3)18-21-8-9-23(24(16-21)30-4)31-15-14-28-10-6-5-7-11-28/h8-9,16-17H,5-7,10-15,18-19H2,1-4H3,(H,25,26). The van der Waals surface area contributed by atoms with Crippen molar-refractivity contribution in [3.63, 3.8) is 0 Å². The number of hydrogen-bond acceptors (Lipinski definition) is 6. The average molecular weight is 430 g/mol. The lowest BCUT2D eigenvalue weighted by molar-refractivity contribution is 0.180. The summed E-state index contributed by atoms with van der Waals surface area (Å²) in [6.45, 7) is 9.71. The molecule has 1 aromatic carbocycles. The van der Waals surface area contributed by atoms with E-state index in [9.17, 15) is 0 Å². The second-order valence-electron chi connectivity index (χ2n) is 8.74. The molecule has 0 unspecified atom stereocenters. The summed E-state index contributed by atoms with van der Waals surface area (Å²) >= 11 is 0. The largest absolute Gasteiger partial charge is 0.493 e.